The minimum absolute atomic E-state index is 0.210. The summed E-state index contributed by atoms with van der Waals surface area (Å²) in [7, 11) is 0. The van der Waals surface area contributed by atoms with E-state index in [-0.39, 0.29) is 6.04 Å². The highest BCUT2D eigenvalue weighted by molar-refractivity contribution is 7.11. The van der Waals surface area contributed by atoms with E-state index in [0.29, 0.717) is 6.54 Å². The summed E-state index contributed by atoms with van der Waals surface area (Å²) in [6.07, 6.45) is 2.97. The molecule has 0 aliphatic carbocycles. The van der Waals surface area contributed by atoms with Crippen LogP contribution in [0, 0.1) is 0 Å². The van der Waals surface area contributed by atoms with Crippen LogP contribution >= 0.6 is 11.3 Å². The van der Waals surface area contributed by atoms with Gasteiger partial charge in [0.1, 0.15) is 5.01 Å². The smallest absolute Gasteiger partial charge is 0.109 e. The van der Waals surface area contributed by atoms with Crippen molar-refractivity contribution in [2.75, 3.05) is 6.54 Å². The first-order valence-electron chi connectivity index (χ1n) is 5.32. The second-order valence-electron chi connectivity index (χ2n) is 4.43. The Hall–Kier alpha value is -0.450. The molecule has 2 N–H and O–H groups in total. The molecule has 1 aromatic rings. The van der Waals surface area contributed by atoms with E-state index in [0.717, 1.165) is 11.4 Å². The van der Waals surface area contributed by atoms with E-state index in [4.69, 9.17) is 0 Å². The minimum atomic E-state index is -0.668. The number of rotatable bonds is 5. The largest absolute Gasteiger partial charge is 0.389 e. The molecule has 15 heavy (non-hydrogen) atoms. The van der Waals surface area contributed by atoms with E-state index in [1.165, 1.54) is 4.88 Å². The summed E-state index contributed by atoms with van der Waals surface area (Å²) < 4.78 is 0. The average Bonchev–Trinajstić information content (AvgIpc) is 2.61. The van der Waals surface area contributed by atoms with E-state index in [1.54, 1.807) is 25.2 Å². The van der Waals surface area contributed by atoms with Crippen LogP contribution in [0.5, 0.6) is 0 Å². The van der Waals surface area contributed by atoms with Crippen LogP contribution in [0.15, 0.2) is 6.20 Å². The molecule has 3 nitrogen and oxygen atoms in total. The van der Waals surface area contributed by atoms with Gasteiger partial charge in [-0.05, 0) is 27.2 Å². The van der Waals surface area contributed by atoms with Gasteiger partial charge in [-0.3, -0.25) is 0 Å². The number of hydrogen-bond donors (Lipinski definition) is 2. The van der Waals surface area contributed by atoms with Gasteiger partial charge in [0, 0.05) is 17.6 Å². The predicted molar refractivity (Wildman–Crippen MR) is 64.2 cm³/mol. The summed E-state index contributed by atoms with van der Waals surface area (Å²) in [5.74, 6) is 0. The Kier molecular flexibility index (Phi) is 4.25. The van der Waals surface area contributed by atoms with Crippen LogP contribution in [0.3, 0.4) is 0 Å². The van der Waals surface area contributed by atoms with Gasteiger partial charge in [0.2, 0.25) is 0 Å². The number of aromatic nitrogens is 1. The van der Waals surface area contributed by atoms with Crippen LogP contribution < -0.4 is 5.32 Å². The molecular weight excluding hydrogens is 208 g/mol. The number of thiazole rings is 1. The van der Waals surface area contributed by atoms with Crippen molar-refractivity contribution in [3.8, 4) is 0 Å². The van der Waals surface area contributed by atoms with Gasteiger partial charge in [0.05, 0.1) is 11.6 Å². The third-order valence-electron chi connectivity index (χ3n) is 2.13. The van der Waals surface area contributed by atoms with Crippen LogP contribution in [-0.4, -0.2) is 22.2 Å². The SMILES string of the molecule is CCc1cnc(C(C)NCC(C)(C)O)s1. The number of hydrogen-bond acceptors (Lipinski definition) is 4. The normalized spacial score (nSPS) is 14.2. The first-order chi connectivity index (χ1) is 6.92. The maximum Gasteiger partial charge on any atom is 0.109 e. The molecule has 1 rings (SSSR count). The van der Waals surface area contributed by atoms with Gasteiger partial charge in [-0.25, -0.2) is 4.98 Å². The van der Waals surface area contributed by atoms with Crippen LogP contribution in [0.1, 0.15) is 43.6 Å². The van der Waals surface area contributed by atoms with Crippen molar-refractivity contribution < 1.29 is 5.11 Å². The minimum Gasteiger partial charge on any atom is -0.389 e. The second kappa shape index (κ2) is 5.05. The lowest BCUT2D eigenvalue weighted by Gasteiger charge is -2.20. The van der Waals surface area contributed by atoms with Gasteiger partial charge in [0.15, 0.2) is 0 Å². The fourth-order valence-electron chi connectivity index (χ4n) is 1.18. The fourth-order valence-corrected chi connectivity index (χ4v) is 2.06. The van der Waals surface area contributed by atoms with E-state index in [1.807, 2.05) is 6.20 Å². The molecule has 1 aromatic heterocycles. The Bertz CT molecular complexity index is 304. The van der Waals surface area contributed by atoms with Crippen molar-refractivity contribution in [2.45, 2.75) is 45.8 Å². The molecule has 1 atom stereocenters. The molecule has 1 heterocycles. The van der Waals surface area contributed by atoms with Gasteiger partial charge >= 0.3 is 0 Å². The quantitative estimate of drug-likeness (QED) is 0.811. The zero-order valence-corrected chi connectivity index (χ0v) is 10.7. The van der Waals surface area contributed by atoms with Crippen molar-refractivity contribution >= 4 is 11.3 Å². The highest BCUT2D eigenvalue weighted by Crippen LogP contribution is 2.20. The van der Waals surface area contributed by atoms with E-state index < -0.39 is 5.60 Å². The molecule has 0 amide bonds. The summed E-state index contributed by atoms with van der Waals surface area (Å²) in [5.41, 5.74) is -0.668. The van der Waals surface area contributed by atoms with Crippen molar-refractivity contribution in [1.82, 2.24) is 10.3 Å². The lowest BCUT2D eigenvalue weighted by atomic mass is 10.1. The number of nitrogens with one attached hydrogen (secondary N) is 1. The molecule has 0 saturated carbocycles. The molecule has 4 heteroatoms. The monoisotopic (exact) mass is 228 g/mol. The summed E-state index contributed by atoms with van der Waals surface area (Å²) >= 11 is 1.74. The molecule has 0 fully saturated rings. The van der Waals surface area contributed by atoms with E-state index in [9.17, 15) is 5.11 Å². The Morgan fingerprint density at radius 1 is 1.60 bits per heavy atom. The number of aryl methyl sites for hydroxylation is 1. The fraction of sp³-hybridized carbons (Fsp3) is 0.727. The third kappa shape index (κ3) is 4.28. The molecule has 0 aliphatic heterocycles. The van der Waals surface area contributed by atoms with Crippen LogP contribution in [0.4, 0.5) is 0 Å². The van der Waals surface area contributed by atoms with Gasteiger partial charge in [0.25, 0.3) is 0 Å². The molecule has 0 saturated heterocycles. The standard InChI is InChI=1S/C11H20N2OS/c1-5-9-6-12-10(15-9)8(2)13-7-11(3,4)14/h6,8,13-14H,5,7H2,1-4H3. The van der Waals surface area contributed by atoms with Gasteiger partial charge in [-0.1, -0.05) is 6.92 Å². The first kappa shape index (κ1) is 12.6. The van der Waals surface area contributed by atoms with Crippen molar-refractivity contribution in [3.63, 3.8) is 0 Å². The molecule has 0 bridgehead atoms. The Labute approximate surface area is 95.6 Å². The molecule has 1 unspecified atom stereocenters. The highest BCUT2D eigenvalue weighted by atomic mass is 32.1. The zero-order valence-electron chi connectivity index (χ0n) is 9.87. The lowest BCUT2D eigenvalue weighted by molar-refractivity contribution is 0.0770. The van der Waals surface area contributed by atoms with Crippen molar-refractivity contribution in [1.29, 1.82) is 0 Å². The van der Waals surface area contributed by atoms with E-state index in [2.05, 4.69) is 24.1 Å². The average molecular weight is 228 g/mol. The molecule has 0 spiro atoms. The Morgan fingerprint density at radius 3 is 2.73 bits per heavy atom. The zero-order chi connectivity index (χ0) is 11.5. The van der Waals surface area contributed by atoms with Gasteiger partial charge in [-0.2, -0.15) is 0 Å². The molecular formula is C11H20N2OS. The van der Waals surface area contributed by atoms with E-state index >= 15 is 0 Å². The molecule has 0 aliphatic rings. The van der Waals surface area contributed by atoms with Crippen LogP contribution in [0.25, 0.3) is 0 Å². The summed E-state index contributed by atoms with van der Waals surface area (Å²) in [6.45, 7) is 8.38. The maximum absolute atomic E-state index is 9.59. The van der Waals surface area contributed by atoms with Crippen molar-refractivity contribution in [2.24, 2.45) is 0 Å². The molecule has 86 valence electrons. The van der Waals surface area contributed by atoms with Crippen LogP contribution in [-0.2, 0) is 6.42 Å². The highest BCUT2D eigenvalue weighted by Gasteiger charge is 2.16. The molecule has 0 aromatic carbocycles. The Balaban J connectivity index is 2.50. The first-order valence-corrected chi connectivity index (χ1v) is 6.14. The van der Waals surface area contributed by atoms with Gasteiger partial charge < -0.3 is 10.4 Å². The maximum atomic E-state index is 9.59. The Morgan fingerprint density at radius 2 is 2.27 bits per heavy atom. The van der Waals surface area contributed by atoms with Crippen LogP contribution in [0.2, 0.25) is 0 Å². The topological polar surface area (TPSA) is 45.2 Å². The third-order valence-corrected chi connectivity index (χ3v) is 3.46. The number of nitrogens with zero attached hydrogens (tertiary/aromatic N) is 1. The summed E-state index contributed by atoms with van der Waals surface area (Å²) in [4.78, 5) is 5.67. The lowest BCUT2D eigenvalue weighted by Crippen LogP contribution is -2.36. The van der Waals surface area contributed by atoms with Gasteiger partial charge in [-0.15, -0.1) is 11.3 Å². The summed E-state index contributed by atoms with van der Waals surface area (Å²) in [6, 6.07) is 0.210. The predicted octanol–water partition coefficient (Wildman–Crippen LogP) is 2.13. The van der Waals surface area contributed by atoms with Crippen molar-refractivity contribution in [3.05, 3.63) is 16.1 Å². The summed E-state index contributed by atoms with van der Waals surface area (Å²) in [5, 5.41) is 14.0. The second-order valence-corrected chi connectivity index (χ2v) is 5.58. The molecule has 0 radical (unpaired) electrons. The number of aliphatic hydroxyl groups is 1.